The number of phenols is 2. The Bertz CT molecular complexity index is 1790. The van der Waals surface area contributed by atoms with Crippen LogP contribution in [0.3, 0.4) is 0 Å². The molecule has 23 heteroatoms. The summed E-state index contributed by atoms with van der Waals surface area (Å²) in [6, 6.07) is -1.35. The van der Waals surface area contributed by atoms with Crippen LogP contribution in [0.15, 0.2) is 16.6 Å². The number of hydrazine groups is 1. The van der Waals surface area contributed by atoms with Crippen LogP contribution in [0.2, 0.25) is 10.0 Å². The number of amides is 5. The van der Waals surface area contributed by atoms with E-state index < -0.39 is 90.4 Å². The van der Waals surface area contributed by atoms with E-state index in [4.69, 9.17) is 33.8 Å². The van der Waals surface area contributed by atoms with Crippen LogP contribution in [-0.2, 0) is 24.0 Å². The summed E-state index contributed by atoms with van der Waals surface area (Å²) in [5.74, 6) is -7.18. The fourth-order valence-corrected chi connectivity index (χ4v) is 6.78. The third kappa shape index (κ3) is 7.05. The monoisotopic (exact) mass is 762 g/mol. The number of hydrogen-bond acceptors (Lipinski definition) is 14. The number of carbonyl (C=O) groups excluding carboxylic acids is 4. The molecule has 2 fully saturated rings. The lowest BCUT2D eigenvalue weighted by atomic mass is 10.1. The highest BCUT2D eigenvalue weighted by Crippen LogP contribution is 2.43. The van der Waals surface area contributed by atoms with E-state index in [9.17, 15) is 49.2 Å². The average Bonchev–Trinajstić information content (AvgIpc) is 3.63. The van der Waals surface area contributed by atoms with Gasteiger partial charge < -0.3 is 41.2 Å². The van der Waals surface area contributed by atoms with Crippen LogP contribution in [0.1, 0.15) is 36.8 Å². The number of likely N-dealkylation sites (N-methyl/N-ethyl adjacent to an activating group) is 1. The molecule has 2 aliphatic heterocycles. The second kappa shape index (κ2) is 13.6. The second-order valence-corrected chi connectivity index (χ2v) is 14.2. The number of nitrogens with two attached hydrogens (primary N) is 1. The van der Waals surface area contributed by atoms with Gasteiger partial charge in [-0.3, -0.25) is 24.7 Å². The van der Waals surface area contributed by atoms with E-state index in [2.05, 4.69) is 20.9 Å². The topological polar surface area (TPSA) is 278 Å². The Morgan fingerprint density at radius 2 is 1.78 bits per heavy atom. The molecule has 0 radical (unpaired) electrons. The van der Waals surface area contributed by atoms with Gasteiger partial charge in [0.05, 0.1) is 22.2 Å². The fraction of sp³-hybridized carbons (Fsp3) is 0.385. The number of halogens is 2. The molecule has 1 aromatic carbocycles. The first-order valence-electron chi connectivity index (χ1n) is 13.7. The Labute approximate surface area is 294 Å². The molecule has 2 aliphatic rings. The number of thiazole rings is 1. The predicted molar refractivity (Wildman–Crippen MR) is 174 cm³/mol. The summed E-state index contributed by atoms with van der Waals surface area (Å²) in [6.07, 6.45) is 0. The van der Waals surface area contributed by atoms with Crippen molar-refractivity contribution in [3.63, 3.8) is 0 Å². The number of aromatic nitrogens is 1. The van der Waals surface area contributed by atoms with Gasteiger partial charge in [-0.05, 0) is 26.8 Å². The number of hydrogen-bond donors (Lipinski definition) is 7. The first-order chi connectivity index (χ1) is 22.7. The van der Waals surface area contributed by atoms with Crippen LogP contribution in [0, 0.1) is 0 Å². The van der Waals surface area contributed by atoms with Crippen molar-refractivity contribution in [3.05, 3.63) is 32.7 Å². The van der Waals surface area contributed by atoms with Gasteiger partial charge in [0.2, 0.25) is 11.5 Å². The zero-order valence-electron chi connectivity index (χ0n) is 25.8. The molecule has 2 aromatic rings. The number of anilines is 1. The number of β-lactam (4-membered cyclic amide) rings is 1. The van der Waals surface area contributed by atoms with Crippen LogP contribution in [0.5, 0.6) is 11.5 Å². The molecule has 1 unspecified atom stereocenters. The predicted octanol–water partition coefficient (Wildman–Crippen LogP) is 0.927. The number of carbonyl (C=O) groups is 6. The normalized spacial score (nSPS) is 19.3. The highest BCUT2D eigenvalue weighted by molar-refractivity contribution is 8.02. The molecular weight excluding hydrogens is 735 g/mol. The maximum Gasteiger partial charge on any atom is 0.350 e. The maximum absolute atomic E-state index is 13.4. The maximum atomic E-state index is 13.4. The van der Waals surface area contributed by atoms with E-state index in [0.29, 0.717) is 11.8 Å². The Kier molecular flexibility index (Phi) is 10.3. The third-order valence-corrected chi connectivity index (χ3v) is 10.4. The lowest BCUT2D eigenvalue weighted by Crippen LogP contribution is -2.70. The molecule has 3 atom stereocenters. The Balaban J connectivity index is 1.53. The Morgan fingerprint density at radius 1 is 1.12 bits per heavy atom. The number of benzene rings is 1. The lowest BCUT2D eigenvalue weighted by molar-refractivity contribution is -0.161. The first-order valence-corrected chi connectivity index (χ1v) is 16.2. The summed E-state index contributed by atoms with van der Waals surface area (Å²) in [6.45, 7) is 3.14. The Hall–Kier alpha value is -4.73. The molecule has 2 saturated heterocycles. The average molecular weight is 764 g/mol. The van der Waals surface area contributed by atoms with Crippen molar-refractivity contribution in [3.8, 4) is 11.5 Å². The van der Waals surface area contributed by atoms with E-state index in [1.165, 1.54) is 33.2 Å². The van der Waals surface area contributed by atoms with Gasteiger partial charge in [-0.15, -0.1) is 11.3 Å². The van der Waals surface area contributed by atoms with Gasteiger partial charge >= 0.3 is 18.0 Å². The number of likely N-dealkylation sites (tertiary alicyclic amines) is 1. The zero-order valence-corrected chi connectivity index (χ0v) is 28.9. The van der Waals surface area contributed by atoms with Crippen molar-refractivity contribution in [2.75, 3.05) is 25.9 Å². The molecule has 0 saturated carbocycles. The van der Waals surface area contributed by atoms with Crippen molar-refractivity contribution >= 4 is 92.8 Å². The molecule has 5 amide bonds. The number of nitrogens with one attached hydrogen (secondary N) is 2. The van der Waals surface area contributed by atoms with Gasteiger partial charge in [0.15, 0.2) is 27.2 Å². The largest absolute Gasteiger partial charge is 0.503 e. The van der Waals surface area contributed by atoms with E-state index in [0.717, 1.165) is 32.2 Å². The van der Waals surface area contributed by atoms with Crippen LogP contribution >= 0.6 is 46.3 Å². The van der Waals surface area contributed by atoms with E-state index in [-0.39, 0.29) is 23.9 Å². The van der Waals surface area contributed by atoms with Crippen LogP contribution in [-0.4, -0.2) is 124 Å². The van der Waals surface area contributed by atoms with Crippen LogP contribution in [0.25, 0.3) is 0 Å². The molecule has 0 spiro atoms. The molecule has 49 heavy (non-hydrogen) atoms. The number of oxime groups is 1. The van der Waals surface area contributed by atoms with Crippen molar-refractivity contribution in [2.24, 2.45) is 5.16 Å². The number of phenolic OH excluding ortho intramolecular Hbond substituents is 2. The van der Waals surface area contributed by atoms with Gasteiger partial charge in [-0.25, -0.2) is 24.4 Å². The summed E-state index contributed by atoms with van der Waals surface area (Å²) < 4.78 is 0. The van der Waals surface area contributed by atoms with Crippen molar-refractivity contribution < 1.29 is 54.0 Å². The second-order valence-electron chi connectivity index (χ2n) is 11.1. The van der Waals surface area contributed by atoms with Gasteiger partial charge in [-0.1, -0.05) is 40.1 Å². The van der Waals surface area contributed by atoms with E-state index >= 15 is 0 Å². The minimum Gasteiger partial charge on any atom is -0.503 e. The highest BCUT2D eigenvalue weighted by Gasteiger charge is 2.56. The minimum atomic E-state index is -2.08. The quantitative estimate of drug-likeness (QED) is 0.0686. The number of aromatic hydroxyl groups is 2. The zero-order chi connectivity index (χ0) is 36.7. The summed E-state index contributed by atoms with van der Waals surface area (Å²) >= 11 is 13.4. The van der Waals surface area contributed by atoms with Gasteiger partial charge in [0.1, 0.15) is 17.1 Å². The van der Waals surface area contributed by atoms with Crippen LogP contribution in [0.4, 0.5) is 9.93 Å². The van der Waals surface area contributed by atoms with Crippen molar-refractivity contribution in [1.29, 1.82) is 0 Å². The van der Waals surface area contributed by atoms with Crippen molar-refractivity contribution in [1.82, 2.24) is 30.5 Å². The fourth-order valence-electron chi connectivity index (χ4n) is 4.35. The minimum absolute atomic E-state index is 0.0479. The number of urea groups is 1. The van der Waals surface area contributed by atoms with Gasteiger partial charge in [-0.2, -0.15) is 0 Å². The van der Waals surface area contributed by atoms with Gasteiger partial charge in [0, 0.05) is 19.0 Å². The molecular formula is C26H28Cl2N8O11S2. The highest BCUT2D eigenvalue weighted by atomic mass is 35.5. The smallest absolute Gasteiger partial charge is 0.350 e. The summed E-state index contributed by atoms with van der Waals surface area (Å²) in [4.78, 5) is 85.8. The number of thioether (sulfide) groups is 1. The molecule has 1 aromatic heterocycles. The van der Waals surface area contributed by atoms with Crippen molar-refractivity contribution in [2.45, 2.75) is 42.7 Å². The molecule has 19 nitrogen and oxygen atoms in total. The van der Waals surface area contributed by atoms with Gasteiger partial charge in [0.25, 0.3) is 11.8 Å². The first kappa shape index (κ1) is 37.1. The standard InChI is InChI=1S/C26H28Cl2N8O11S2/c1-25(2,21(42)43)47-33-13(11-8-48-23(29)30-11)18(40)31-14-19(41)34(4)20(14)49-26(3,22(44)45)35-5-6-36(24(35)46)32-17(39)9-7-10(27)15(37)16(38)12(9)28/h7-8,14,20,37-38H,5-6H2,1-4H3,(H2,29,30)(H,31,40)(H,32,39)(H,42,43)(H,44,45)/b33-13-/t14?,20-,26-/m1/s1. The molecule has 264 valence electrons. The van der Waals surface area contributed by atoms with E-state index in [1.54, 1.807) is 0 Å². The summed E-state index contributed by atoms with van der Waals surface area (Å²) in [7, 11) is 1.35. The number of aliphatic carboxylic acids is 2. The molecule has 4 rings (SSSR count). The number of carboxylic acids is 2. The number of nitrogens with zero attached hydrogens (tertiary/aromatic N) is 5. The summed E-state index contributed by atoms with van der Waals surface area (Å²) in [5, 5.41) is 45.6. The Morgan fingerprint density at radius 3 is 2.35 bits per heavy atom. The SMILES string of the molecule is CN1C(=O)C(NC(=O)/C(=N\OC(C)(C)C(=O)O)c2csc(N)n2)[C@H]1S[C@](C)(C(=O)O)N1CCN(NC(=O)c2cc(Cl)c(O)c(O)c2Cl)C1=O. The summed E-state index contributed by atoms with van der Waals surface area (Å²) in [5.41, 5.74) is 5.09. The molecule has 3 heterocycles. The lowest BCUT2D eigenvalue weighted by Gasteiger charge is -2.48. The number of rotatable bonds is 12. The number of nitrogen functional groups attached to an aromatic ring is 1. The molecule has 8 N–H and O–H groups in total. The van der Waals surface area contributed by atoms with Crippen LogP contribution < -0.4 is 16.5 Å². The molecule has 0 bridgehead atoms. The van der Waals surface area contributed by atoms with E-state index in [1.807, 2.05) is 0 Å². The third-order valence-electron chi connectivity index (χ3n) is 7.35. The number of carboxylic acid groups (broad SMARTS) is 2. The molecule has 0 aliphatic carbocycles.